The van der Waals surface area contributed by atoms with Gasteiger partial charge < -0.3 is 5.73 Å². The van der Waals surface area contributed by atoms with Gasteiger partial charge in [0.1, 0.15) is 0 Å². The lowest BCUT2D eigenvalue weighted by Gasteiger charge is -2.07. The molecule has 29 heavy (non-hydrogen) atoms. The molecule has 0 spiro atoms. The highest BCUT2D eigenvalue weighted by Gasteiger charge is 2.17. The minimum atomic E-state index is -0.572. The van der Waals surface area contributed by atoms with Crippen LogP contribution in [0.1, 0.15) is 16.1 Å². The first-order chi connectivity index (χ1) is 14.1. The van der Waals surface area contributed by atoms with E-state index in [2.05, 4.69) is 38.7 Å². The van der Waals surface area contributed by atoms with Crippen LogP contribution in [0.3, 0.4) is 0 Å². The van der Waals surface area contributed by atoms with Gasteiger partial charge in [-0.25, -0.2) is 4.68 Å². The topological polar surface area (TPSA) is 105 Å². The summed E-state index contributed by atoms with van der Waals surface area (Å²) in [6.07, 6.45) is 0. The lowest BCUT2D eigenvalue weighted by Crippen LogP contribution is -2.12. The van der Waals surface area contributed by atoms with Gasteiger partial charge in [0.05, 0.1) is 23.2 Å². The first-order valence-corrected chi connectivity index (χ1v) is 9.51. The molecule has 4 N–H and O–H groups in total. The molecule has 1 heterocycles. The molecule has 0 saturated heterocycles. The summed E-state index contributed by atoms with van der Waals surface area (Å²) >= 11 is 0.988. The summed E-state index contributed by atoms with van der Waals surface area (Å²) in [4.78, 5) is 16.8. The molecule has 8 heteroatoms. The second-order valence-electron chi connectivity index (χ2n) is 6.46. The number of carbonyl (C=O) groups is 1. The zero-order valence-electron chi connectivity index (χ0n) is 15.5. The van der Waals surface area contributed by atoms with Crippen molar-refractivity contribution in [3.8, 4) is 16.8 Å². The number of carbonyl (C=O) groups excluding carboxylic acids is 1. The monoisotopic (exact) mass is 406 g/mol. The number of aromatic nitrogens is 2. The number of benzene rings is 3. The summed E-state index contributed by atoms with van der Waals surface area (Å²) in [5.41, 5.74) is 10.7. The van der Waals surface area contributed by atoms with Crippen molar-refractivity contribution >= 4 is 28.9 Å². The minimum absolute atomic E-state index is 0.230. The van der Waals surface area contributed by atoms with E-state index in [0.29, 0.717) is 5.39 Å². The van der Waals surface area contributed by atoms with Crippen molar-refractivity contribution in [2.75, 3.05) is 0 Å². The SMILES string of the molecule is Cc1ccc(-c2ccc3c(C(N)=O)nn(-c4ccc(SOON)cc4)c3c2)cc1. The highest BCUT2D eigenvalue weighted by atomic mass is 32.2. The molecule has 146 valence electrons. The number of hydrogen-bond donors (Lipinski definition) is 2. The fraction of sp³-hybridized carbons (Fsp3) is 0.0476. The molecule has 0 radical (unpaired) electrons. The van der Waals surface area contributed by atoms with Gasteiger partial charge in [0.2, 0.25) is 0 Å². The molecule has 7 nitrogen and oxygen atoms in total. The van der Waals surface area contributed by atoms with E-state index in [1.807, 2.05) is 49.4 Å². The molecular formula is C21H18N4O3S. The van der Waals surface area contributed by atoms with Gasteiger partial charge >= 0.3 is 0 Å². The van der Waals surface area contributed by atoms with Crippen LogP contribution < -0.4 is 11.6 Å². The second-order valence-corrected chi connectivity index (χ2v) is 7.24. The Balaban J connectivity index is 1.82. The van der Waals surface area contributed by atoms with Crippen molar-refractivity contribution in [3.05, 3.63) is 78.0 Å². The molecule has 0 atom stereocenters. The maximum Gasteiger partial charge on any atom is 0.269 e. The van der Waals surface area contributed by atoms with Crippen molar-refractivity contribution in [1.29, 1.82) is 0 Å². The molecule has 1 aromatic heterocycles. The van der Waals surface area contributed by atoms with Crippen molar-refractivity contribution in [2.45, 2.75) is 11.8 Å². The van der Waals surface area contributed by atoms with E-state index in [9.17, 15) is 4.79 Å². The van der Waals surface area contributed by atoms with E-state index in [4.69, 9.17) is 11.6 Å². The predicted octanol–water partition coefficient (Wildman–Crippen LogP) is 3.93. The lowest BCUT2D eigenvalue weighted by molar-refractivity contribution is -0.195. The standard InChI is InChI=1S/C21H18N4O3S/c1-13-2-4-14(5-3-13)15-6-11-18-19(12-15)25(24-20(18)21(22)26)16-7-9-17(10-8-16)29-28-27-23/h2-12H,23H2,1H3,(H2,22,26). The van der Waals surface area contributed by atoms with Crippen LogP contribution in [-0.4, -0.2) is 15.7 Å². The van der Waals surface area contributed by atoms with Crippen molar-refractivity contribution in [3.63, 3.8) is 0 Å². The summed E-state index contributed by atoms with van der Waals surface area (Å²) in [5.74, 6) is 4.29. The normalized spacial score (nSPS) is 11.1. The highest BCUT2D eigenvalue weighted by Crippen LogP contribution is 2.29. The molecule has 0 bridgehead atoms. The van der Waals surface area contributed by atoms with Gasteiger partial charge in [-0.1, -0.05) is 35.9 Å². The molecular weight excluding hydrogens is 388 g/mol. The molecule has 4 aromatic rings. The Labute approximate surface area is 171 Å². The summed E-state index contributed by atoms with van der Waals surface area (Å²) in [7, 11) is 0. The maximum atomic E-state index is 11.9. The largest absolute Gasteiger partial charge is 0.364 e. The first-order valence-electron chi connectivity index (χ1n) is 8.77. The molecule has 0 saturated carbocycles. The minimum Gasteiger partial charge on any atom is -0.364 e. The average Bonchev–Trinajstić information content (AvgIpc) is 3.12. The first kappa shape index (κ1) is 19.2. The van der Waals surface area contributed by atoms with Gasteiger partial charge in [0.15, 0.2) is 5.69 Å². The third-order valence-electron chi connectivity index (χ3n) is 4.55. The number of nitrogens with two attached hydrogens (primary N) is 2. The van der Waals surface area contributed by atoms with Crippen molar-refractivity contribution < 1.29 is 14.1 Å². The lowest BCUT2D eigenvalue weighted by atomic mass is 10.0. The zero-order chi connectivity index (χ0) is 20.4. The summed E-state index contributed by atoms with van der Waals surface area (Å²) in [5, 5.41) is 5.16. The Kier molecular flexibility index (Phi) is 5.32. The highest BCUT2D eigenvalue weighted by molar-refractivity contribution is 7.94. The van der Waals surface area contributed by atoms with Crippen LogP contribution in [0.25, 0.3) is 27.7 Å². The molecule has 0 aliphatic heterocycles. The number of rotatable bonds is 6. The third kappa shape index (κ3) is 3.87. The molecule has 0 unspecified atom stereocenters. The molecule has 4 rings (SSSR count). The summed E-state index contributed by atoms with van der Waals surface area (Å²) in [6.45, 7) is 2.05. The Morgan fingerprint density at radius 1 is 1.00 bits per heavy atom. The van der Waals surface area contributed by atoms with Gasteiger partial charge in [0.25, 0.3) is 5.91 Å². The molecule has 3 aromatic carbocycles. The van der Waals surface area contributed by atoms with E-state index in [1.165, 1.54) is 5.56 Å². The van der Waals surface area contributed by atoms with Crippen LogP contribution in [0.5, 0.6) is 0 Å². The van der Waals surface area contributed by atoms with Gasteiger partial charge in [-0.05, 0) is 54.4 Å². The number of hydrogen-bond acceptors (Lipinski definition) is 6. The molecule has 0 aliphatic rings. The fourth-order valence-corrected chi connectivity index (χ4v) is 3.49. The summed E-state index contributed by atoms with van der Waals surface area (Å²) < 4.78 is 6.37. The van der Waals surface area contributed by atoms with Crippen LogP contribution in [0.15, 0.2) is 71.6 Å². The quantitative estimate of drug-likeness (QED) is 0.286. The number of nitrogens with zero attached hydrogens (tertiary/aromatic N) is 2. The average molecular weight is 406 g/mol. The van der Waals surface area contributed by atoms with Gasteiger partial charge in [-0.2, -0.15) is 11.0 Å². The maximum absolute atomic E-state index is 11.9. The van der Waals surface area contributed by atoms with Crippen molar-refractivity contribution in [2.24, 2.45) is 11.6 Å². The number of amides is 1. The van der Waals surface area contributed by atoms with Gasteiger partial charge in [-0.3, -0.25) is 4.79 Å². The number of aryl methyl sites for hydroxylation is 1. The Morgan fingerprint density at radius 3 is 2.34 bits per heavy atom. The van der Waals surface area contributed by atoms with E-state index in [0.717, 1.165) is 39.3 Å². The predicted molar refractivity (Wildman–Crippen MR) is 112 cm³/mol. The molecule has 0 fully saturated rings. The zero-order valence-corrected chi connectivity index (χ0v) is 16.3. The van der Waals surface area contributed by atoms with Gasteiger partial charge in [-0.15, -0.1) is 9.32 Å². The van der Waals surface area contributed by atoms with Crippen LogP contribution >= 0.6 is 12.0 Å². The van der Waals surface area contributed by atoms with E-state index in [1.54, 1.807) is 4.68 Å². The number of primary amides is 1. The smallest absolute Gasteiger partial charge is 0.269 e. The Morgan fingerprint density at radius 2 is 1.69 bits per heavy atom. The third-order valence-corrected chi connectivity index (χ3v) is 5.16. The molecule has 0 aliphatic carbocycles. The Hall–Kier alpha value is -3.17. The van der Waals surface area contributed by atoms with E-state index in [-0.39, 0.29) is 5.69 Å². The molecule has 1 amide bonds. The van der Waals surface area contributed by atoms with Crippen molar-refractivity contribution in [1.82, 2.24) is 9.78 Å². The van der Waals surface area contributed by atoms with Crippen LogP contribution in [0, 0.1) is 6.92 Å². The van der Waals surface area contributed by atoms with Crippen LogP contribution in [0.4, 0.5) is 0 Å². The van der Waals surface area contributed by atoms with Crippen LogP contribution in [-0.2, 0) is 9.32 Å². The van der Waals surface area contributed by atoms with E-state index < -0.39 is 5.91 Å². The number of fused-ring (bicyclic) bond motifs is 1. The van der Waals surface area contributed by atoms with E-state index >= 15 is 0 Å². The van der Waals surface area contributed by atoms with Crippen LogP contribution in [0.2, 0.25) is 0 Å². The fourth-order valence-electron chi connectivity index (χ4n) is 3.12. The van der Waals surface area contributed by atoms with Gasteiger partial charge in [0, 0.05) is 10.3 Å². The second kappa shape index (κ2) is 8.06. The summed E-state index contributed by atoms with van der Waals surface area (Å²) in [6, 6.07) is 21.5. The Bertz CT molecular complexity index is 1170.